The van der Waals surface area contributed by atoms with Gasteiger partial charge < -0.3 is 5.73 Å². The summed E-state index contributed by atoms with van der Waals surface area (Å²) in [6, 6.07) is 4.72. The van der Waals surface area contributed by atoms with Crippen molar-refractivity contribution < 1.29 is 9.18 Å². The zero-order valence-electron chi connectivity index (χ0n) is 11.5. The molecule has 0 unspecified atom stereocenters. The van der Waals surface area contributed by atoms with Crippen LogP contribution in [0.1, 0.15) is 54.4 Å². The Hall–Kier alpha value is -1.22. The summed E-state index contributed by atoms with van der Waals surface area (Å²) < 4.78 is 13.9. The van der Waals surface area contributed by atoms with Crippen LogP contribution in [0.3, 0.4) is 0 Å². The van der Waals surface area contributed by atoms with Gasteiger partial charge in [-0.1, -0.05) is 37.3 Å². The van der Waals surface area contributed by atoms with E-state index < -0.39 is 11.2 Å². The first kappa shape index (κ1) is 14.2. The lowest BCUT2D eigenvalue weighted by Gasteiger charge is -2.30. The largest absolute Gasteiger partial charge is 0.329 e. The van der Waals surface area contributed by atoms with Crippen LogP contribution in [-0.2, 0) is 0 Å². The number of nitrogens with two attached hydrogens (primary N) is 1. The zero-order valence-corrected chi connectivity index (χ0v) is 11.5. The molecule has 2 rings (SSSR count). The van der Waals surface area contributed by atoms with E-state index in [0.29, 0.717) is 6.54 Å². The van der Waals surface area contributed by atoms with Crippen LogP contribution in [0.25, 0.3) is 0 Å². The average Bonchev–Trinajstić information content (AvgIpc) is 2.67. The van der Waals surface area contributed by atoms with Gasteiger partial charge in [0.15, 0.2) is 5.78 Å². The number of ketones is 1. The first-order valence-electron chi connectivity index (χ1n) is 7.10. The monoisotopic (exact) mass is 263 g/mol. The molecule has 1 aliphatic rings. The van der Waals surface area contributed by atoms with E-state index >= 15 is 0 Å². The maximum absolute atomic E-state index is 13.9. The van der Waals surface area contributed by atoms with Gasteiger partial charge in [0.25, 0.3) is 0 Å². The molecule has 1 fully saturated rings. The standard InChI is InChI=1S/C16H22FNO/c1-12-6-7-14(17)13(10-12)15(19)16(11-18)8-4-2-3-5-9-16/h6-7,10H,2-5,8-9,11,18H2,1H3. The SMILES string of the molecule is Cc1ccc(F)c(C(=O)C2(CN)CCCCCC2)c1. The minimum absolute atomic E-state index is 0.0990. The van der Waals surface area contributed by atoms with Crippen molar-refractivity contribution in [2.45, 2.75) is 45.4 Å². The van der Waals surface area contributed by atoms with Gasteiger partial charge in [-0.2, -0.15) is 0 Å². The molecule has 0 spiro atoms. The molecule has 0 radical (unpaired) electrons. The van der Waals surface area contributed by atoms with E-state index in [-0.39, 0.29) is 11.3 Å². The van der Waals surface area contributed by atoms with E-state index in [1.807, 2.05) is 6.92 Å². The molecule has 0 heterocycles. The lowest BCUT2D eigenvalue weighted by Crippen LogP contribution is -2.38. The Kier molecular flexibility index (Phi) is 4.35. The number of carbonyl (C=O) groups is 1. The fourth-order valence-corrected chi connectivity index (χ4v) is 3.03. The molecule has 0 amide bonds. The van der Waals surface area contributed by atoms with Crippen LogP contribution in [0.2, 0.25) is 0 Å². The van der Waals surface area contributed by atoms with Gasteiger partial charge in [0.1, 0.15) is 5.82 Å². The molecule has 2 N–H and O–H groups in total. The van der Waals surface area contributed by atoms with Gasteiger partial charge in [0.05, 0.1) is 5.56 Å². The van der Waals surface area contributed by atoms with Crippen molar-refractivity contribution in [1.82, 2.24) is 0 Å². The Morgan fingerprint density at radius 3 is 2.47 bits per heavy atom. The Labute approximate surface area is 114 Å². The summed E-state index contributed by atoms with van der Waals surface area (Å²) >= 11 is 0. The molecular formula is C16H22FNO. The third-order valence-corrected chi connectivity index (χ3v) is 4.30. The van der Waals surface area contributed by atoms with E-state index in [1.54, 1.807) is 12.1 Å². The molecule has 0 aliphatic heterocycles. The van der Waals surface area contributed by atoms with Crippen LogP contribution in [0.4, 0.5) is 4.39 Å². The predicted molar refractivity (Wildman–Crippen MR) is 74.7 cm³/mol. The van der Waals surface area contributed by atoms with Crippen LogP contribution in [0.5, 0.6) is 0 Å². The minimum atomic E-state index is -0.550. The Balaban J connectivity index is 2.36. The highest BCUT2D eigenvalue weighted by Gasteiger charge is 2.38. The molecule has 0 bridgehead atoms. The van der Waals surface area contributed by atoms with Gasteiger partial charge in [-0.25, -0.2) is 4.39 Å². The number of carbonyl (C=O) groups excluding carboxylic acids is 1. The van der Waals surface area contributed by atoms with Gasteiger partial charge in [-0.15, -0.1) is 0 Å². The van der Waals surface area contributed by atoms with Gasteiger partial charge in [0.2, 0.25) is 0 Å². The van der Waals surface area contributed by atoms with Crippen molar-refractivity contribution in [1.29, 1.82) is 0 Å². The molecule has 3 heteroatoms. The fraction of sp³-hybridized carbons (Fsp3) is 0.562. The van der Waals surface area contributed by atoms with Gasteiger partial charge in [-0.3, -0.25) is 4.79 Å². The minimum Gasteiger partial charge on any atom is -0.329 e. The number of hydrogen-bond donors (Lipinski definition) is 1. The smallest absolute Gasteiger partial charge is 0.173 e. The molecule has 0 atom stereocenters. The second-order valence-electron chi connectivity index (χ2n) is 5.71. The quantitative estimate of drug-likeness (QED) is 0.668. The molecule has 19 heavy (non-hydrogen) atoms. The van der Waals surface area contributed by atoms with Crippen molar-refractivity contribution in [3.05, 3.63) is 35.1 Å². The normalized spacial score (nSPS) is 18.9. The zero-order chi connectivity index (χ0) is 13.9. The third-order valence-electron chi connectivity index (χ3n) is 4.30. The highest BCUT2D eigenvalue weighted by molar-refractivity contribution is 6.01. The summed E-state index contributed by atoms with van der Waals surface area (Å²) in [6.45, 7) is 2.19. The number of rotatable bonds is 3. The maximum Gasteiger partial charge on any atom is 0.173 e. The van der Waals surface area contributed by atoms with Crippen LogP contribution in [-0.4, -0.2) is 12.3 Å². The Bertz CT molecular complexity index is 462. The molecule has 1 aromatic rings. The molecule has 104 valence electrons. The highest BCUT2D eigenvalue weighted by Crippen LogP contribution is 2.37. The van der Waals surface area contributed by atoms with Crippen molar-refractivity contribution in [2.75, 3.05) is 6.54 Å². The van der Waals surface area contributed by atoms with Crippen LogP contribution >= 0.6 is 0 Å². The van der Waals surface area contributed by atoms with Crippen molar-refractivity contribution in [3.63, 3.8) is 0 Å². The van der Waals surface area contributed by atoms with E-state index in [4.69, 9.17) is 5.73 Å². The van der Waals surface area contributed by atoms with Gasteiger partial charge in [-0.05, 0) is 31.9 Å². The molecule has 1 saturated carbocycles. The summed E-state index contributed by atoms with van der Waals surface area (Å²) in [5.41, 5.74) is 6.46. The summed E-state index contributed by atoms with van der Waals surface area (Å²) in [7, 11) is 0. The van der Waals surface area contributed by atoms with Crippen LogP contribution < -0.4 is 5.73 Å². The molecule has 2 nitrogen and oxygen atoms in total. The Morgan fingerprint density at radius 1 is 1.26 bits per heavy atom. The lowest BCUT2D eigenvalue weighted by molar-refractivity contribution is 0.0769. The number of halogens is 1. The van der Waals surface area contributed by atoms with Gasteiger partial charge >= 0.3 is 0 Å². The molecule has 1 aromatic carbocycles. The third kappa shape index (κ3) is 2.86. The van der Waals surface area contributed by atoms with Gasteiger partial charge in [0, 0.05) is 12.0 Å². The summed E-state index contributed by atoms with van der Waals surface area (Å²) in [4.78, 5) is 12.8. The summed E-state index contributed by atoms with van der Waals surface area (Å²) in [6.07, 6.45) is 5.88. The topological polar surface area (TPSA) is 43.1 Å². The molecule has 0 aromatic heterocycles. The highest BCUT2D eigenvalue weighted by atomic mass is 19.1. The Morgan fingerprint density at radius 2 is 1.89 bits per heavy atom. The molecule has 0 saturated heterocycles. The summed E-state index contributed by atoms with van der Waals surface area (Å²) in [5.74, 6) is -0.522. The summed E-state index contributed by atoms with van der Waals surface area (Å²) in [5, 5.41) is 0. The number of benzene rings is 1. The number of aryl methyl sites for hydroxylation is 1. The van der Waals surface area contributed by atoms with Crippen molar-refractivity contribution in [2.24, 2.45) is 11.1 Å². The first-order chi connectivity index (χ1) is 9.09. The fourth-order valence-electron chi connectivity index (χ4n) is 3.03. The second-order valence-corrected chi connectivity index (χ2v) is 5.71. The van der Waals surface area contributed by atoms with Crippen LogP contribution in [0, 0.1) is 18.2 Å². The maximum atomic E-state index is 13.9. The molecule has 1 aliphatic carbocycles. The van der Waals surface area contributed by atoms with E-state index in [9.17, 15) is 9.18 Å². The lowest BCUT2D eigenvalue weighted by atomic mass is 9.74. The average molecular weight is 263 g/mol. The van der Waals surface area contributed by atoms with E-state index in [2.05, 4.69) is 0 Å². The molecular weight excluding hydrogens is 241 g/mol. The number of hydrogen-bond acceptors (Lipinski definition) is 2. The van der Waals surface area contributed by atoms with E-state index in [1.165, 1.54) is 6.07 Å². The first-order valence-corrected chi connectivity index (χ1v) is 7.10. The van der Waals surface area contributed by atoms with E-state index in [0.717, 1.165) is 44.1 Å². The van der Waals surface area contributed by atoms with Crippen molar-refractivity contribution >= 4 is 5.78 Å². The second kappa shape index (κ2) is 5.83. The number of Topliss-reactive ketones (excluding diaryl/α,β-unsaturated/α-hetero) is 1. The van der Waals surface area contributed by atoms with Crippen molar-refractivity contribution in [3.8, 4) is 0 Å². The predicted octanol–water partition coefficient (Wildman–Crippen LogP) is 3.62. The van der Waals surface area contributed by atoms with Crippen LogP contribution in [0.15, 0.2) is 18.2 Å².